The van der Waals surface area contributed by atoms with Crippen LogP contribution in [0.15, 0.2) is 54.7 Å². The lowest BCUT2D eigenvalue weighted by Crippen LogP contribution is -2.04. The number of ether oxygens (including phenoxy) is 1. The molecule has 5 nitrogen and oxygen atoms in total. The summed E-state index contributed by atoms with van der Waals surface area (Å²) in [7, 11) is 1.58. The molecule has 0 spiro atoms. The molecule has 3 aromatic rings. The summed E-state index contributed by atoms with van der Waals surface area (Å²) in [6, 6.07) is 15.6. The number of nitrogens with one attached hydrogen (secondary N) is 2. The van der Waals surface area contributed by atoms with Gasteiger partial charge in [0, 0.05) is 18.4 Å². The monoisotopic (exact) mass is 354 g/mol. The average molecular weight is 355 g/mol. The Morgan fingerprint density at radius 3 is 2.76 bits per heavy atom. The molecule has 0 fully saturated rings. The van der Waals surface area contributed by atoms with E-state index in [1.165, 1.54) is 11.1 Å². The molecular formula is C19H19ClN4O. The highest BCUT2D eigenvalue weighted by molar-refractivity contribution is 6.32. The van der Waals surface area contributed by atoms with E-state index >= 15 is 0 Å². The van der Waals surface area contributed by atoms with E-state index in [0.717, 1.165) is 11.5 Å². The van der Waals surface area contributed by atoms with Crippen molar-refractivity contribution in [3.63, 3.8) is 0 Å². The van der Waals surface area contributed by atoms with Gasteiger partial charge in [-0.3, -0.25) is 0 Å². The summed E-state index contributed by atoms with van der Waals surface area (Å²) in [5.41, 5.74) is 3.23. The SMILES string of the molecule is COc1ccc(Nc2nccc(NCc3cccc(C)c3)n2)cc1Cl. The maximum atomic E-state index is 6.14. The molecule has 0 amide bonds. The summed E-state index contributed by atoms with van der Waals surface area (Å²) in [4.78, 5) is 8.71. The highest BCUT2D eigenvalue weighted by Crippen LogP contribution is 2.28. The predicted octanol–water partition coefficient (Wildman–Crippen LogP) is 4.80. The van der Waals surface area contributed by atoms with Crippen LogP contribution in [0.1, 0.15) is 11.1 Å². The van der Waals surface area contributed by atoms with E-state index in [2.05, 4.69) is 45.7 Å². The number of anilines is 3. The van der Waals surface area contributed by atoms with Crippen LogP contribution in [0.3, 0.4) is 0 Å². The summed E-state index contributed by atoms with van der Waals surface area (Å²) < 4.78 is 5.15. The van der Waals surface area contributed by atoms with Gasteiger partial charge in [-0.05, 0) is 36.8 Å². The molecule has 0 saturated heterocycles. The summed E-state index contributed by atoms with van der Waals surface area (Å²) in [5.74, 6) is 1.87. The van der Waals surface area contributed by atoms with Gasteiger partial charge in [-0.2, -0.15) is 4.98 Å². The first-order valence-corrected chi connectivity index (χ1v) is 8.25. The van der Waals surface area contributed by atoms with Gasteiger partial charge >= 0.3 is 0 Å². The fourth-order valence-corrected chi connectivity index (χ4v) is 2.66. The molecule has 2 aromatic carbocycles. The van der Waals surface area contributed by atoms with Gasteiger partial charge in [-0.1, -0.05) is 41.4 Å². The molecule has 6 heteroatoms. The second kappa shape index (κ2) is 7.85. The summed E-state index contributed by atoms with van der Waals surface area (Å²) in [6.07, 6.45) is 1.71. The second-order valence-corrected chi connectivity index (χ2v) is 5.99. The van der Waals surface area contributed by atoms with Crippen LogP contribution in [0.2, 0.25) is 5.02 Å². The second-order valence-electron chi connectivity index (χ2n) is 5.58. The molecule has 0 atom stereocenters. The third kappa shape index (κ3) is 4.61. The van der Waals surface area contributed by atoms with Gasteiger partial charge in [0.15, 0.2) is 0 Å². The number of benzene rings is 2. The Bertz CT molecular complexity index is 870. The van der Waals surface area contributed by atoms with Crippen molar-refractivity contribution in [3.05, 3.63) is 70.9 Å². The van der Waals surface area contributed by atoms with Gasteiger partial charge in [0.25, 0.3) is 0 Å². The Hall–Kier alpha value is -2.79. The number of nitrogens with zero attached hydrogens (tertiary/aromatic N) is 2. The van der Waals surface area contributed by atoms with E-state index in [-0.39, 0.29) is 0 Å². The molecule has 0 saturated carbocycles. The third-order valence-electron chi connectivity index (χ3n) is 3.62. The van der Waals surface area contributed by atoms with E-state index in [1.807, 2.05) is 18.2 Å². The Labute approximate surface area is 152 Å². The van der Waals surface area contributed by atoms with Crippen molar-refractivity contribution in [1.82, 2.24) is 9.97 Å². The van der Waals surface area contributed by atoms with Crippen LogP contribution in [0.25, 0.3) is 0 Å². The molecule has 0 radical (unpaired) electrons. The Morgan fingerprint density at radius 1 is 1.12 bits per heavy atom. The fourth-order valence-electron chi connectivity index (χ4n) is 2.41. The first kappa shape index (κ1) is 17.0. The Balaban J connectivity index is 1.68. The largest absolute Gasteiger partial charge is 0.495 e. The molecular weight excluding hydrogens is 336 g/mol. The molecule has 0 unspecified atom stereocenters. The maximum Gasteiger partial charge on any atom is 0.229 e. The third-order valence-corrected chi connectivity index (χ3v) is 3.91. The zero-order valence-electron chi connectivity index (χ0n) is 14.1. The number of hydrogen-bond donors (Lipinski definition) is 2. The zero-order valence-corrected chi connectivity index (χ0v) is 14.8. The normalized spacial score (nSPS) is 10.4. The van der Waals surface area contributed by atoms with Crippen LogP contribution < -0.4 is 15.4 Å². The quantitative estimate of drug-likeness (QED) is 0.665. The van der Waals surface area contributed by atoms with Gasteiger partial charge in [0.2, 0.25) is 5.95 Å². The van der Waals surface area contributed by atoms with Gasteiger partial charge in [0.05, 0.1) is 12.1 Å². The van der Waals surface area contributed by atoms with Crippen LogP contribution in [-0.4, -0.2) is 17.1 Å². The van der Waals surface area contributed by atoms with E-state index in [0.29, 0.717) is 23.3 Å². The Kier molecular flexibility index (Phi) is 5.36. The standard InChI is InChI=1S/C19H19ClN4O/c1-13-4-3-5-14(10-13)12-22-18-8-9-21-19(24-18)23-15-6-7-17(25-2)16(20)11-15/h3-11H,12H2,1-2H3,(H2,21,22,23,24). The lowest BCUT2D eigenvalue weighted by molar-refractivity contribution is 0.415. The van der Waals surface area contributed by atoms with Crippen molar-refractivity contribution in [2.75, 3.05) is 17.7 Å². The first-order valence-electron chi connectivity index (χ1n) is 7.87. The van der Waals surface area contributed by atoms with Gasteiger partial charge in [0.1, 0.15) is 11.6 Å². The number of rotatable bonds is 6. The van der Waals surface area contributed by atoms with E-state index < -0.39 is 0 Å². The van der Waals surface area contributed by atoms with Gasteiger partial charge in [-0.25, -0.2) is 4.98 Å². The molecule has 0 aliphatic rings. The van der Waals surface area contributed by atoms with Crippen molar-refractivity contribution >= 4 is 29.1 Å². The van der Waals surface area contributed by atoms with Crippen molar-refractivity contribution in [1.29, 1.82) is 0 Å². The molecule has 1 heterocycles. The van der Waals surface area contributed by atoms with Crippen molar-refractivity contribution < 1.29 is 4.74 Å². The highest BCUT2D eigenvalue weighted by Gasteiger charge is 2.04. The maximum absolute atomic E-state index is 6.14. The lowest BCUT2D eigenvalue weighted by Gasteiger charge is -2.10. The highest BCUT2D eigenvalue weighted by atomic mass is 35.5. The summed E-state index contributed by atoms with van der Waals surface area (Å²) >= 11 is 6.14. The van der Waals surface area contributed by atoms with E-state index in [9.17, 15) is 0 Å². The fraction of sp³-hybridized carbons (Fsp3) is 0.158. The molecule has 0 bridgehead atoms. The van der Waals surface area contributed by atoms with Crippen LogP contribution in [0.4, 0.5) is 17.5 Å². The van der Waals surface area contributed by atoms with Crippen molar-refractivity contribution in [2.24, 2.45) is 0 Å². The van der Waals surface area contributed by atoms with Gasteiger partial charge in [-0.15, -0.1) is 0 Å². The van der Waals surface area contributed by atoms with Crippen LogP contribution in [0, 0.1) is 6.92 Å². The molecule has 0 aliphatic carbocycles. The van der Waals surface area contributed by atoms with Gasteiger partial charge < -0.3 is 15.4 Å². The summed E-state index contributed by atoms with van der Waals surface area (Å²) in [5, 5.41) is 6.98. The lowest BCUT2D eigenvalue weighted by atomic mass is 10.1. The smallest absolute Gasteiger partial charge is 0.229 e. The number of halogens is 1. The summed E-state index contributed by atoms with van der Waals surface area (Å²) in [6.45, 7) is 2.78. The Morgan fingerprint density at radius 2 is 2.00 bits per heavy atom. The van der Waals surface area contributed by atoms with E-state index in [1.54, 1.807) is 25.4 Å². The molecule has 2 N–H and O–H groups in total. The molecule has 25 heavy (non-hydrogen) atoms. The minimum atomic E-state index is 0.496. The predicted molar refractivity (Wildman–Crippen MR) is 102 cm³/mol. The average Bonchev–Trinajstić information content (AvgIpc) is 2.61. The van der Waals surface area contributed by atoms with E-state index in [4.69, 9.17) is 16.3 Å². The zero-order chi connectivity index (χ0) is 17.6. The molecule has 0 aliphatic heterocycles. The molecule has 1 aromatic heterocycles. The first-order chi connectivity index (χ1) is 12.1. The number of aromatic nitrogens is 2. The minimum Gasteiger partial charge on any atom is -0.495 e. The number of aryl methyl sites for hydroxylation is 1. The molecule has 128 valence electrons. The van der Waals surface area contributed by atoms with Crippen molar-refractivity contribution in [2.45, 2.75) is 13.5 Å². The van der Waals surface area contributed by atoms with Crippen molar-refractivity contribution in [3.8, 4) is 5.75 Å². The van der Waals surface area contributed by atoms with Crippen LogP contribution >= 0.6 is 11.6 Å². The number of hydrogen-bond acceptors (Lipinski definition) is 5. The minimum absolute atomic E-state index is 0.496. The topological polar surface area (TPSA) is 59.1 Å². The number of methoxy groups -OCH3 is 1. The van der Waals surface area contributed by atoms with Crippen LogP contribution in [-0.2, 0) is 6.54 Å². The molecule has 3 rings (SSSR count). The van der Waals surface area contributed by atoms with Crippen LogP contribution in [0.5, 0.6) is 5.75 Å².